The summed E-state index contributed by atoms with van der Waals surface area (Å²) < 4.78 is 10.4. The molecule has 7 nitrogen and oxygen atoms in total. The highest BCUT2D eigenvalue weighted by Gasteiger charge is 2.32. The van der Waals surface area contributed by atoms with Crippen LogP contribution in [0.1, 0.15) is 28.4 Å². The molecule has 8 heteroatoms. The van der Waals surface area contributed by atoms with Crippen LogP contribution in [0.3, 0.4) is 0 Å². The van der Waals surface area contributed by atoms with Gasteiger partial charge in [0, 0.05) is 10.6 Å². The molecule has 2 amide bonds. The molecular formula is C18H15ClN2O5. The molecule has 3 rings (SSSR count). The van der Waals surface area contributed by atoms with E-state index in [9.17, 15) is 14.4 Å². The van der Waals surface area contributed by atoms with Crippen LogP contribution in [-0.2, 0) is 14.3 Å². The molecule has 0 aliphatic carbocycles. The van der Waals surface area contributed by atoms with Gasteiger partial charge in [0.25, 0.3) is 5.91 Å². The number of ether oxygens (including phenoxy) is 2. The topological polar surface area (TPSA) is 93.7 Å². The van der Waals surface area contributed by atoms with Crippen LogP contribution in [0.15, 0.2) is 48.5 Å². The summed E-state index contributed by atoms with van der Waals surface area (Å²) in [6.45, 7) is -0.275. The van der Waals surface area contributed by atoms with Crippen LogP contribution in [0.25, 0.3) is 0 Å². The second kappa shape index (κ2) is 7.88. The molecule has 0 fully saturated rings. The summed E-state index contributed by atoms with van der Waals surface area (Å²) in [5.74, 6) is -0.999. The second-order valence-electron chi connectivity index (χ2n) is 5.52. The van der Waals surface area contributed by atoms with Crippen LogP contribution in [0.4, 0.5) is 0 Å². The Morgan fingerprint density at radius 1 is 1.04 bits per heavy atom. The lowest BCUT2D eigenvalue weighted by atomic mass is 10.0. The molecule has 2 N–H and O–H groups in total. The predicted octanol–water partition coefficient (Wildman–Crippen LogP) is 2.17. The normalized spacial score (nSPS) is 15.0. The molecule has 1 heterocycles. The quantitative estimate of drug-likeness (QED) is 0.618. The molecule has 134 valence electrons. The van der Waals surface area contributed by atoms with Gasteiger partial charge in [0.2, 0.25) is 5.91 Å². The van der Waals surface area contributed by atoms with Gasteiger partial charge in [0.05, 0.1) is 12.0 Å². The molecule has 1 aliphatic heterocycles. The van der Waals surface area contributed by atoms with Crippen molar-refractivity contribution in [1.82, 2.24) is 10.9 Å². The number of rotatable bonds is 5. The Labute approximate surface area is 154 Å². The fourth-order valence-electron chi connectivity index (χ4n) is 2.45. The van der Waals surface area contributed by atoms with Crippen LogP contribution in [0, 0.1) is 0 Å². The number of hydrazine groups is 1. The fourth-order valence-corrected chi connectivity index (χ4v) is 2.57. The fraction of sp³-hybridized carbons (Fsp3) is 0.167. The number of hydrogen-bond donors (Lipinski definition) is 2. The number of amides is 2. The number of hydrogen-bond acceptors (Lipinski definition) is 5. The highest BCUT2D eigenvalue weighted by molar-refractivity contribution is 6.30. The van der Waals surface area contributed by atoms with Crippen molar-refractivity contribution in [3.63, 3.8) is 0 Å². The number of esters is 1. The van der Waals surface area contributed by atoms with Crippen LogP contribution in [0.2, 0.25) is 5.02 Å². The number of nitrogens with one attached hydrogen (secondary N) is 2. The molecule has 1 unspecified atom stereocenters. The summed E-state index contributed by atoms with van der Waals surface area (Å²) >= 11 is 5.76. The van der Waals surface area contributed by atoms with Gasteiger partial charge < -0.3 is 9.47 Å². The monoisotopic (exact) mass is 374 g/mol. The lowest BCUT2D eigenvalue weighted by molar-refractivity contribution is -0.131. The molecule has 1 aliphatic rings. The average molecular weight is 375 g/mol. The second-order valence-corrected chi connectivity index (χ2v) is 5.96. The standard InChI is InChI=1S/C18H15ClN2O5/c19-11-5-7-12(8-6-11)25-10-17(23)21-20-16(22)9-15-13-3-1-2-4-14(13)18(24)26-15/h1-8,15H,9-10H2,(H,20,22)(H,21,23). The third-order valence-electron chi connectivity index (χ3n) is 3.67. The highest BCUT2D eigenvalue weighted by atomic mass is 35.5. The zero-order valence-electron chi connectivity index (χ0n) is 13.5. The number of fused-ring (bicyclic) bond motifs is 1. The lowest BCUT2D eigenvalue weighted by Crippen LogP contribution is -2.44. The van der Waals surface area contributed by atoms with E-state index >= 15 is 0 Å². The van der Waals surface area contributed by atoms with E-state index in [1.807, 2.05) is 0 Å². The number of carbonyl (C=O) groups excluding carboxylic acids is 3. The van der Waals surface area contributed by atoms with Gasteiger partial charge in [-0.25, -0.2) is 4.79 Å². The van der Waals surface area contributed by atoms with E-state index < -0.39 is 23.9 Å². The van der Waals surface area contributed by atoms with Crippen molar-refractivity contribution < 1.29 is 23.9 Å². The summed E-state index contributed by atoms with van der Waals surface area (Å²) in [5, 5.41) is 0.559. The highest BCUT2D eigenvalue weighted by Crippen LogP contribution is 2.32. The molecule has 0 saturated carbocycles. The first-order valence-corrected chi connectivity index (χ1v) is 8.16. The molecule has 0 spiro atoms. The summed E-state index contributed by atoms with van der Waals surface area (Å²) in [7, 11) is 0. The van der Waals surface area contributed by atoms with Gasteiger partial charge in [0.15, 0.2) is 6.61 Å². The summed E-state index contributed by atoms with van der Waals surface area (Å²) in [6.07, 6.45) is -0.762. The molecule has 0 saturated heterocycles. The third kappa shape index (κ3) is 4.31. The van der Waals surface area contributed by atoms with Gasteiger partial charge in [-0.05, 0) is 30.3 Å². The van der Waals surface area contributed by atoms with E-state index in [2.05, 4.69) is 10.9 Å². The Bertz CT molecular complexity index is 838. The SMILES string of the molecule is O=C(COc1ccc(Cl)cc1)NNC(=O)CC1OC(=O)c2ccccc21. The molecule has 26 heavy (non-hydrogen) atoms. The first-order valence-electron chi connectivity index (χ1n) is 7.79. The molecule has 0 aromatic heterocycles. The van der Waals surface area contributed by atoms with Crippen molar-refractivity contribution >= 4 is 29.4 Å². The van der Waals surface area contributed by atoms with E-state index in [4.69, 9.17) is 21.1 Å². The van der Waals surface area contributed by atoms with Crippen molar-refractivity contribution in [2.24, 2.45) is 0 Å². The van der Waals surface area contributed by atoms with Crippen LogP contribution >= 0.6 is 11.6 Å². The predicted molar refractivity (Wildman–Crippen MR) is 92.4 cm³/mol. The Kier molecular flexibility index (Phi) is 5.38. The maximum Gasteiger partial charge on any atom is 0.339 e. The van der Waals surface area contributed by atoms with E-state index in [1.165, 1.54) is 0 Å². The smallest absolute Gasteiger partial charge is 0.339 e. The molecule has 0 bridgehead atoms. The van der Waals surface area contributed by atoms with Crippen molar-refractivity contribution in [2.75, 3.05) is 6.61 Å². The molecular weight excluding hydrogens is 360 g/mol. The van der Waals surface area contributed by atoms with Gasteiger partial charge in [-0.2, -0.15) is 0 Å². The van der Waals surface area contributed by atoms with Gasteiger partial charge in [-0.15, -0.1) is 0 Å². The average Bonchev–Trinajstić information content (AvgIpc) is 2.95. The number of cyclic esters (lactones) is 1. The third-order valence-corrected chi connectivity index (χ3v) is 3.92. The summed E-state index contributed by atoms with van der Waals surface area (Å²) in [4.78, 5) is 35.4. The van der Waals surface area contributed by atoms with Crippen molar-refractivity contribution in [3.8, 4) is 5.75 Å². The van der Waals surface area contributed by atoms with Crippen LogP contribution in [-0.4, -0.2) is 24.4 Å². The number of benzene rings is 2. The van der Waals surface area contributed by atoms with Gasteiger partial charge >= 0.3 is 5.97 Å². The summed E-state index contributed by atoms with van der Waals surface area (Å²) in [5.41, 5.74) is 5.62. The van der Waals surface area contributed by atoms with Crippen molar-refractivity contribution in [1.29, 1.82) is 0 Å². The molecule has 2 aromatic rings. The minimum Gasteiger partial charge on any atom is -0.484 e. The maximum absolute atomic E-state index is 12.0. The van der Waals surface area contributed by atoms with E-state index in [0.29, 0.717) is 21.9 Å². The number of carbonyl (C=O) groups is 3. The molecule has 0 radical (unpaired) electrons. The minimum atomic E-state index is -0.666. The van der Waals surface area contributed by atoms with Crippen molar-refractivity contribution in [3.05, 3.63) is 64.7 Å². The lowest BCUT2D eigenvalue weighted by Gasteiger charge is -2.12. The zero-order valence-corrected chi connectivity index (χ0v) is 14.3. The van der Waals surface area contributed by atoms with Crippen molar-refractivity contribution in [2.45, 2.75) is 12.5 Å². The van der Waals surface area contributed by atoms with E-state index in [-0.39, 0.29) is 13.0 Å². The first-order chi connectivity index (χ1) is 12.5. The Morgan fingerprint density at radius 3 is 2.50 bits per heavy atom. The maximum atomic E-state index is 12.0. The van der Waals surface area contributed by atoms with Gasteiger partial charge in [-0.1, -0.05) is 29.8 Å². The van der Waals surface area contributed by atoms with E-state index in [1.54, 1.807) is 48.5 Å². The van der Waals surface area contributed by atoms with Gasteiger partial charge in [-0.3, -0.25) is 20.4 Å². The van der Waals surface area contributed by atoms with Gasteiger partial charge in [0.1, 0.15) is 11.9 Å². The largest absolute Gasteiger partial charge is 0.484 e. The Balaban J connectivity index is 1.43. The first kappa shape index (κ1) is 17.8. The summed E-state index contributed by atoms with van der Waals surface area (Å²) in [6, 6.07) is 13.4. The molecule has 1 atom stereocenters. The van der Waals surface area contributed by atoms with Crippen LogP contribution < -0.4 is 15.6 Å². The Hall–Kier alpha value is -3.06. The zero-order chi connectivity index (χ0) is 18.5. The minimum absolute atomic E-state index is 0.0962. The molecule has 2 aromatic carbocycles. The van der Waals surface area contributed by atoms with E-state index in [0.717, 1.165) is 0 Å². The van der Waals surface area contributed by atoms with Crippen LogP contribution in [0.5, 0.6) is 5.75 Å². The number of halogens is 1. The Morgan fingerprint density at radius 2 is 1.73 bits per heavy atom.